The Morgan fingerprint density at radius 2 is 1.75 bits per heavy atom. The third kappa shape index (κ3) is 3.74. The molecule has 0 amide bonds. The lowest BCUT2D eigenvalue weighted by atomic mass is 9.96. The molecule has 0 atom stereocenters. The maximum atomic E-state index is 10.8. The molecule has 0 aliphatic heterocycles. The maximum Gasteiger partial charge on any atom is 0.208 e. The van der Waals surface area contributed by atoms with E-state index in [9.17, 15) is 8.42 Å². The summed E-state index contributed by atoms with van der Waals surface area (Å²) < 4.78 is 24.3. The summed E-state index contributed by atoms with van der Waals surface area (Å²) in [5.41, 5.74) is 0. The van der Waals surface area contributed by atoms with E-state index in [2.05, 4.69) is 4.72 Å². The smallest absolute Gasteiger partial charge is 0.208 e. The van der Waals surface area contributed by atoms with Crippen LogP contribution in [0.5, 0.6) is 0 Å². The topological polar surface area (TPSA) is 46.2 Å². The van der Waals surface area contributed by atoms with Crippen LogP contribution < -0.4 is 4.72 Å². The molecular formula is C7H14ClNO2S. The minimum absolute atomic E-state index is 0.106. The summed E-state index contributed by atoms with van der Waals surface area (Å²) in [5.74, 6) is 0. The average Bonchev–Trinajstić information content (AvgIpc) is 1.91. The van der Waals surface area contributed by atoms with Crippen molar-refractivity contribution in [1.82, 2.24) is 4.72 Å². The highest BCUT2D eigenvalue weighted by molar-refractivity contribution is 7.88. The second kappa shape index (κ2) is 3.94. The summed E-state index contributed by atoms with van der Waals surface area (Å²) in [6.45, 7) is 0. The van der Waals surface area contributed by atoms with Crippen LogP contribution in [0.25, 0.3) is 0 Å². The van der Waals surface area contributed by atoms with Crippen molar-refractivity contribution in [2.24, 2.45) is 0 Å². The first-order valence-corrected chi connectivity index (χ1v) is 6.41. The van der Waals surface area contributed by atoms with Crippen molar-refractivity contribution in [3.63, 3.8) is 0 Å². The van der Waals surface area contributed by atoms with Gasteiger partial charge in [0.15, 0.2) is 0 Å². The first-order chi connectivity index (χ1) is 5.47. The highest BCUT2D eigenvalue weighted by Crippen LogP contribution is 2.22. The summed E-state index contributed by atoms with van der Waals surface area (Å²) in [6.07, 6.45) is 4.74. The molecule has 0 bridgehead atoms. The lowest BCUT2D eigenvalue weighted by Crippen LogP contribution is -2.37. The Labute approximate surface area is 78.5 Å². The largest absolute Gasteiger partial charge is 0.213 e. The van der Waals surface area contributed by atoms with Gasteiger partial charge < -0.3 is 0 Å². The Hall–Kier alpha value is 0.200. The molecule has 1 fully saturated rings. The Balaban J connectivity index is 2.36. The van der Waals surface area contributed by atoms with Gasteiger partial charge in [0.25, 0.3) is 0 Å². The number of rotatable bonds is 2. The van der Waals surface area contributed by atoms with Gasteiger partial charge in [0.2, 0.25) is 10.0 Å². The fraction of sp³-hybridized carbons (Fsp3) is 1.00. The summed E-state index contributed by atoms with van der Waals surface area (Å²) in [4.78, 5) is 0. The van der Waals surface area contributed by atoms with Gasteiger partial charge in [0.1, 0.15) is 0 Å². The standard InChI is InChI=1S/C7H14ClNO2S/c1-12(10,11)9-7-4-2-6(8)3-5-7/h6-7,9H,2-5H2,1H3. The zero-order valence-corrected chi connectivity index (χ0v) is 8.66. The molecule has 72 valence electrons. The number of nitrogens with one attached hydrogen (secondary N) is 1. The van der Waals surface area contributed by atoms with E-state index in [1.165, 1.54) is 6.26 Å². The molecular weight excluding hydrogens is 198 g/mol. The second-order valence-corrected chi connectivity index (χ2v) is 5.74. The molecule has 1 N–H and O–H groups in total. The lowest BCUT2D eigenvalue weighted by molar-refractivity contribution is 0.417. The summed E-state index contributed by atoms with van der Waals surface area (Å²) in [7, 11) is -3.03. The predicted molar refractivity (Wildman–Crippen MR) is 49.9 cm³/mol. The van der Waals surface area contributed by atoms with Gasteiger partial charge in [-0.1, -0.05) is 0 Å². The lowest BCUT2D eigenvalue weighted by Gasteiger charge is -2.24. The normalized spacial score (nSPS) is 31.8. The molecule has 1 saturated carbocycles. The van der Waals surface area contributed by atoms with Crippen LogP contribution in [0.15, 0.2) is 0 Å². The summed E-state index contributed by atoms with van der Waals surface area (Å²) in [6, 6.07) is 0.106. The molecule has 1 aliphatic rings. The molecule has 0 saturated heterocycles. The van der Waals surface area contributed by atoms with Crippen LogP contribution >= 0.6 is 11.6 Å². The van der Waals surface area contributed by atoms with Crippen molar-refractivity contribution in [2.75, 3.05) is 6.26 Å². The third-order valence-electron chi connectivity index (χ3n) is 2.04. The fourth-order valence-electron chi connectivity index (χ4n) is 1.47. The Morgan fingerprint density at radius 1 is 1.25 bits per heavy atom. The maximum absolute atomic E-state index is 10.8. The molecule has 0 aromatic rings. The first kappa shape index (κ1) is 10.3. The van der Waals surface area contributed by atoms with Crippen molar-refractivity contribution in [2.45, 2.75) is 37.1 Å². The van der Waals surface area contributed by atoms with E-state index in [-0.39, 0.29) is 11.4 Å². The van der Waals surface area contributed by atoms with Crippen LogP contribution in [-0.4, -0.2) is 26.1 Å². The van der Waals surface area contributed by atoms with Crippen LogP contribution in [0.1, 0.15) is 25.7 Å². The monoisotopic (exact) mass is 211 g/mol. The SMILES string of the molecule is CS(=O)(=O)NC1CCC(Cl)CC1. The Kier molecular flexibility index (Phi) is 3.37. The number of hydrogen-bond acceptors (Lipinski definition) is 2. The number of halogens is 1. The summed E-state index contributed by atoms with van der Waals surface area (Å²) >= 11 is 5.88. The van der Waals surface area contributed by atoms with Crippen molar-refractivity contribution < 1.29 is 8.42 Å². The molecule has 0 spiro atoms. The van der Waals surface area contributed by atoms with Gasteiger partial charge in [0, 0.05) is 11.4 Å². The van der Waals surface area contributed by atoms with Crippen LogP contribution in [0.4, 0.5) is 0 Å². The van der Waals surface area contributed by atoms with Crippen molar-refractivity contribution >= 4 is 21.6 Å². The average molecular weight is 212 g/mol. The van der Waals surface area contributed by atoms with Gasteiger partial charge in [-0.15, -0.1) is 11.6 Å². The van der Waals surface area contributed by atoms with Crippen molar-refractivity contribution in [3.05, 3.63) is 0 Å². The molecule has 0 heterocycles. The molecule has 0 radical (unpaired) electrons. The van der Waals surface area contributed by atoms with Gasteiger partial charge in [-0.25, -0.2) is 13.1 Å². The number of alkyl halides is 1. The second-order valence-electron chi connectivity index (χ2n) is 3.34. The molecule has 0 unspecified atom stereocenters. The van der Waals surface area contributed by atoms with Gasteiger partial charge in [-0.2, -0.15) is 0 Å². The van der Waals surface area contributed by atoms with Crippen LogP contribution in [-0.2, 0) is 10.0 Å². The zero-order chi connectivity index (χ0) is 9.19. The minimum atomic E-state index is -3.03. The number of hydrogen-bond donors (Lipinski definition) is 1. The van der Waals surface area contributed by atoms with E-state index in [1.807, 2.05) is 0 Å². The predicted octanol–water partition coefficient (Wildman–Crippen LogP) is 1.09. The van der Waals surface area contributed by atoms with E-state index in [1.54, 1.807) is 0 Å². The first-order valence-electron chi connectivity index (χ1n) is 4.09. The van der Waals surface area contributed by atoms with Crippen LogP contribution in [0, 0.1) is 0 Å². The minimum Gasteiger partial charge on any atom is -0.213 e. The molecule has 1 aliphatic carbocycles. The zero-order valence-electron chi connectivity index (χ0n) is 7.09. The quantitative estimate of drug-likeness (QED) is 0.695. The van der Waals surface area contributed by atoms with Gasteiger partial charge in [-0.05, 0) is 25.7 Å². The van der Waals surface area contributed by atoms with Gasteiger partial charge in [0.05, 0.1) is 6.26 Å². The van der Waals surface area contributed by atoms with E-state index in [0.717, 1.165) is 25.7 Å². The molecule has 0 aromatic heterocycles. The van der Waals surface area contributed by atoms with E-state index < -0.39 is 10.0 Å². The Morgan fingerprint density at radius 3 is 2.17 bits per heavy atom. The van der Waals surface area contributed by atoms with E-state index in [4.69, 9.17) is 11.6 Å². The fourth-order valence-corrected chi connectivity index (χ4v) is 2.57. The molecule has 12 heavy (non-hydrogen) atoms. The molecule has 3 nitrogen and oxygen atoms in total. The molecule has 0 aromatic carbocycles. The Bertz CT molecular complexity index is 232. The highest BCUT2D eigenvalue weighted by atomic mass is 35.5. The number of sulfonamides is 1. The van der Waals surface area contributed by atoms with Crippen molar-refractivity contribution in [3.8, 4) is 0 Å². The molecule has 5 heteroatoms. The van der Waals surface area contributed by atoms with E-state index in [0.29, 0.717) is 0 Å². The van der Waals surface area contributed by atoms with Gasteiger partial charge in [-0.3, -0.25) is 0 Å². The summed E-state index contributed by atoms with van der Waals surface area (Å²) in [5, 5.41) is 0.239. The van der Waals surface area contributed by atoms with Gasteiger partial charge >= 0.3 is 0 Å². The third-order valence-corrected chi connectivity index (χ3v) is 3.24. The van der Waals surface area contributed by atoms with Crippen LogP contribution in [0.2, 0.25) is 0 Å². The van der Waals surface area contributed by atoms with E-state index >= 15 is 0 Å². The van der Waals surface area contributed by atoms with Crippen LogP contribution in [0.3, 0.4) is 0 Å². The molecule has 1 rings (SSSR count). The highest BCUT2D eigenvalue weighted by Gasteiger charge is 2.21. The van der Waals surface area contributed by atoms with Crippen molar-refractivity contribution in [1.29, 1.82) is 0 Å².